The van der Waals surface area contributed by atoms with E-state index in [9.17, 15) is 4.79 Å². The third-order valence-electron chi connectivity index (χ3n) is 4.81. The van der Waals surface area contributed by atoms with Crippen molar-refractivity contribution in [2.24, 2.45) is 0 Å². The lowest BCUT2D eigenvalue weighted by Gasteiger charge is -2.15. The average molecular weight is 413 g/mol. The molecule has 0 unspecified atom stereocenters. The highest BCUT2D eigenvalue weighted by Crippen LogP contribution is 2.29. The molecule has 2 aromatic carbocycles. The second-order valence-electron chi connectivity index (χ2n) is 6.86. The smallest absolute Gasteiger partial charge is 0.233 e. The van der Waals surface area contributed by atoms with E-state index in [-0.39, 0.29) is 5.91 Å². The third-order valence-corrected chi connectivity index (χ3v) is 5.98. The Kier molecular flexibility index (Phi) is 5.69. The van der Waals surface area contributed by atoms with Crippen LogP contribution in [0.5, 0.6) is 0 Å². The standard InChI is InChI=1S/C21H21ClN4OS/c1-15-4-6-16(7-5-15)20-23-24-21(26(20)18-10-8-17(22)9-11-18)28-14-19(27)25-12-2-3-13-25/h4-11H,2-3,12-14H2,1H3. The predicted octanol–water partition coefficient (Wildman–Crippen LogP) is 4.61. The first-order chi connectivity index (χ1) is 13.6. The summed E-state index contributed by atoms with van der Waals surface area (Å²) in [5.74, 6) is 1.27. The van der Waals surface area contributed by atoms with Crippen molar-refractivity contribution in [3.63, 3.8) is 0 Å². The molecule has 4 rings (SSSR count). The monoisotopic (exact) mass is 412 g/mol. The van der Waals surface area contributed by atoms with Gasteiger partial charge in [-0.05, 0) is 44.0 Å². The van der Waals surface area contributed by atoms with Crippen molar-refractivity contribution in [3.8, 4) is 17.1 Å². The molecule has 1 fully saturated rings. The second-order valence-corrected chi connectivity index (χ2v) is 8.24. The van der Waals surface area contributed by atoms with Gasteiger partial charge in [-0.15, -0.1) is 10.2 Å². The van der Waals surface area contributed by atoms with E-state index < -0.39 is 0 Å². The van der Waals surface area contributed by atoms with Gasteiger partial charge < -0.3 is 4.90 Å². The first-order valence-electron chi connectivity index (χ1n) is 9.31. The summed E-state index contributed by atoms with van der Waals surface area (Å²) in [6.45, 7) is 3.77. The maximum absolute atomic E-state index is 12.5. The molecule has 5 nitrogen and oxygen atoms in total. The zero-order chi connectivity index (χ0) is 19.5. The molecule has 3 aromatic rings. The molecule has 1 aliphatic rings. The first kappa shape index (κ1) is 19.0. The fraction of sp³-hybridized carbons (Fsp3) is 0.286. The fourth-order valence-electron chi connectivity index (χ4n) is 3.26. The van der Waals surface area contributed by atoms with Crippen molar-refractivity contribution >= 4 is 29.3 Å². The average Bonchev–Trinajstić information content (AvgIpc) is 3.38. The van der Waals surface area contributed by atoms with Gasteiger partial charge in [0, 0.05) is 29.4 Å². The van der Waals surface area contributed by atoms with Crippen LogP contribution in [0.25, 0.3) is 17.1 Å². The number of benzene rings is 2. The Morgan fingerprint density at radius 3 is 2.39 bits per heavy atom. The number of likely N-dealkylation sites (tertiary alicyclic amines) is 1. The van der Waals surface area contributed by atoms with Crippen LogP contribution in [-0.2, 0) is 4.79 Å². The minimum Gasteiger partial charge on any atom is -0.342 e. The van der Waals surface area contributed by atoms with Crippen molar-refractivity contribution in [2.45, 2.75) is 24.9 Å². The number of nitrogens with zero attached hydrogens (tertiary/aromatic N) is 4. The van der Waals surface area contributed by atoms with E-state index in [2.05, 4.69) is 29.3 Å². The Morgan fingerprint density at radius 2 is 1.71 bits per heavy atom. The van der Waals surface area contributed by atoms with E-state index in [0.717, 1.165) is 43.0 Å². The Hall–Kier alpha value is -2.31. The van der Waals surface area contributed by atoms with Gasteiger partial charge in [-0.25, -0.2) is 0 Å². The molecule has 28 heavy (non-hydrogen) atoms. The zero-order valence-corrected chi connectivity index (χ0v) is 17.2. The van der Waals surface area contributed by atoms with Crippen LogP contribution in [-0.4, -0.2) is 44.4 Å². The minimum atomic E-state index is 0.157. The SMILES string of the molecule is Cc1ccc(-c2nnc(SCC(=O)N3CCCC3)n2-c2ccc(Cl)cc2)cc1. The molecule has 1 amide bonds. The van der Waals surface area contributed by atoms with E-state index in [1.165, 1.54) is 17.3 Å². The number of carbonyl (C=O) groups excluding carboxylic acids is 1. The number of aryl methyl sites for hydroxylation is 1. The lowest BCUT2D eigenvalue weighted by Crippen LogP contribution is -2.29. The predicted molar refractivity (Wildman–Crippen MR) is 113 cm³/mol. The van der Waals surface area contributed by atoms with Crippen LogP contribution in [0, 0.1) is 6.92 Å². The topological polar surface area (TPSA) is 51.0 Å². The van der Waals surface area contributed by atoms with Gasteiger partial charge in [-0.2, -0.15) is 0 Å². The van der Waals surface area contributed by atoms with Gasteiger partial charge in [-0.3, -0.25) is 9.36 Å². The number of hydrogen-bond donors (Lipinski definition) is 0. The maximum Gasteiger partial charge on any atom is 0.233 e. The summed E-state index contributed by atoms with van der Waals surface area (Å²) in [5, 5.41) is 10.2. The van der Waals surface area contributed by atoms with Gasteiger partial charge in [0.15, 0.2) is 11.0 Å². The highest BCUT2D eigenvalue weighted by molar-refractivity contribution is 7.99. The lowest BCUT2D eigenvalue weighted by atomic mass is 10.1. The first-order valence-corrected chi connectivity index (χ1v) is 10.7. The van der Waals surface area contributed by atoms with E-state index >= 15 is 0 Å². The third kappa shape index (κ3) is 4.08. The van der Waals surface area contributed by atoms with Gasteiger partial charge in [0.1, 0.15) is 0 Å². The van der Waals surface area contributed by atoms with Gasteiger partial charge in [0.25, 0.3) is 0 Å². The molecule has 0 bridgehead atoms. The van der Waals surface area contributed by atoms with Crippen molar-refractivity contribution in [1.82, 2.24) is 19.7 Å². The Labute approximate surface area is 173 Å². The highest BCUT2D eigenvalue weighted by atomic mass is 35.5. The summed E-state index contributed by atoms with van der Waals surface area (Å²) in [6.07, 6.45) is 2.18. The van der Waals surface area contributed by atoms with Crippen LogP contribution in [0.4, 0.5) is 0 Å². The van der Waals surface area contributed by atoms with Crippen LogP contribution in [0.15, 0.2) is 53.7 Å². The molecule has 1 aliphatic heterocycles. The van der Waals surface area contributed by atoms with E-state index in [1.54, 1.807) is 0 Å². The Balaban J connectivity index is 1.66. The molecule has 0 atom stereocenters. The number of aromatic nitrogens is 3. The number of thioether (sulfide) groups is 1. The summed E-state index contributed by atoms with van der Waals surface area (Å²) in [6, 6.07) is 15.8. The van der Waals surface area contributed by atoms with Gasteiger partial charge in [0.05, 0.1) is 5.75 Å². The second kappa shape index (κ2) is 8.37. The summed E-state index contributed by atoms with van der Waals surface area (Å²) in [5.41, 5.74) is 3.08. The number of carbonyl (C=O) groups is 1. The number of amides is 1. The van der Waals surface area contributed by atoms with Crippen molar-refractivity contribution in [2.75, 3.05) is 18.8 Å². The number of hydrogen-bond acceptors (Lipinski definition) is 4. The molecule has 0 radical (unpaired) electrons. The van der Waals surface area contributed by atoms with Gasteiger partial charge in [-0.1, -0.05) is 53.2 Å². The van der Waals surface area contributed by atoms with Crippen LogP contribution >= 0.6 is 23.4 Å². The van der Waals surface area contributed by atoms with Crippen LogP contribution in [0.1, 0.15) is 18.4 Å². The van der Waals surface area contributed by atoms with Crippen LogP contribution in [0.2, 0.25) is 5.02 Å². The molecule has 7 heteroatoms. The van der Waals surface area contributed by atoms with E-state index in [0.29, 0.717) is 15.9 Å². The molecule has 0 spiro atoms. The van der Waals surface area contributed by atoms with E-state index in [1.807, 2.05) is 45.9 Å². The zero-order valence-electron chi connectivity index (χ0n) is 15.6. The Morgan fingerprint density at radius 1 is 1.04 bits per heavy atom. The summed E-state index contributed by atoms with van der Waals surface area (Å²) in [4.78, 5) is 14.4. The van der Waals surface area contributed by atoms with Crippen molar-refractivity contribution in [1.29, 1.82) is 0 Å². The van der Waals surface area contributed by atoms with Crippen molar-refractivity contribution in [3.05, 3.63) is 59.1 Å². The molecule has 0 aliphatic carbocycles. The van der Waals surface area contributed by atoms with E-state index in [4.69, 9.17) is 11.6 Å². The number of halogens is 1. The summed E-state index contributed by atoms with van der Waals surface area (Å²) < 4.78 is 1.99. The Bertz CT molecular complexity index is 963. The van der Waals surface area contributed by atoms with Crippen LogP contribution in [0.3, 0.4) is 0 Å². The molecule has 0 N–H and O–H groups in total. The van der Waals surface area contributed by atoms with Crippen molar-refractivity contribution < 1.29 is 4.79 Å². The maximum atomic E-state index is 12.5. The quantitative estimate of drug-likeness (QED) is 0.574. The highest BCUT2D eigenvalue weighted by Gasteiger charge is 2.21. The van der Waals surface area contributed by atoms with Gasteiger partial charge in [0.2, 0.25) is 5.91 Å². The molecule has 0 saturated carbocycles. The summed E-state index contributed by atoms with van der Waals surface area (Å²) >= 11 is 7.49. The van der Waals surface area contributed by atoms with Crippen LogP contribution < -0.4 is 0 Å². The normalized spacial score (nSPS) is 13.9. The summed E-state index contributed by atoms with van der Waals surface area (Å²) in [7, 11) is 0. The largest absolute Gasteiger partial charge is 0.342 e. The van der Waals surface area contributed by atoms with Gasteiger partial charge >= 0.3 is 0 Å². The molecule has 1 aromatic heterocycles. The fourth-order valence-corrected chi connectivity index (χ4v) is 4.24. The molecular formula is C21H21ClN4OS. The lowest BCUT2D eigenvalue weighted by molar-refractivity contribution is -0.127. The minimum absolute atomic E-state index is 0.157. The molecule has 144 valence electrons. The number of rotatable bonds is 5. The molecular weight excluding hydrogens is 392 g/mol. The molecule has 1 saturated heterocycles. The molecule has 2 heterocycles.